The highest BCUT2D eigenvalue weighted by Gasteiger charge is 2.56. The second-order valence-corrected chi connectivity index (χ2v) is 11.3. The third-order valence-corrected chi connectivity index (χ3v) is 8.88. The number of aromatic carboxylic acids is 1. The Hall–Kier alpha value is -4.79. The summed E-state index contributed by atoms with van der Waals surface area (Å²) in [6.45, 7) is 5.10. The molecule has 6 rings (SSSR count). The van der Waals surface area contributed by atoms with Gasteiger partial charge in [-0.05, 0) is 74.4 Å². The van der Waals surface area contributed by atoms with Crippen LogP contribution in [-0.2, 0) is 19.2 Å². The molecular weight excluding hydrogens is 526 g/mol. The van der Waals surface area contributed by atoms with Crippen molar-refractivity contribution in [2.75, 3.05) is 4.90 Å². The summed E-state index contributed by atoms with van der Waals surface area (Å²) in [6, 6.07) is 7.13. The van der Waals surface area contributed by atoms with Crippen molar-refractivity contribution in [2.24, 2.45) is 17.8 Å². The second-order valence-electron chi connectivity index (χ2n) is 11.3. The Labute approximate surface area is 235 Å². The zero-order valence-electron chi connectivity index (χ0n) is 22.6. The molecule has 2 aromatic carbocycles. The number of aromatic hydroxyl groups is 2. The molecule has 0 saturated carbocycles. The largest absolute Gasteiger partial charge is 0.507 e. The molecule has 0 bridgehead atoms. The van der Waals surface area contributed by atoms with Crippen LogP contribution in [-0.4, -0.2) is 44.7 Å². The van der Waals surface area contributed by atoms with Crippen molar-refractivity contribution in [2.45, 2.75) is 39.5 Å². The van der Waals surface area contributed by atoms with Gasteiger partial charge in [0.25, 0.3) is 0 Å². The second kappa shape index (κ2) is 9.12. The molecule has 0 radical (unpaired) electrons. The molecule has 2 amide bonds. The first-order valence-corrected chi connectivity index (χ1v) is 13.3. The van der Waals surface area contributed by atoms with E-state index in [-0.39, 0.29) is 41.4 Å². The number of anilines is 1. The molecule has 9 nitrogen and oxygen atoms in total. The Balaban J connectivity index is 1.48. The van der Waals surface area contributed by atoms with Gasteiger partial charge >= 0.3 is 5.97 Å². The molecule has 3 aliphatic carbocycles. The van der Waals surface area contributed by atoms with Crippen LogP contribution in [0.15, 0.2) is 64.8 Å². The number of phenolic OH excluding ortho intramolecular Hbond substituents is 1. The molecule has 3 N–H and O–H groups in total. The number of ketones is 2. The number of hydrogen-bond acceptors (Lipinski definition) is 7. The van der Waals surface area contributed by atoms with Gasteiger partial charge in [-0.15, -0.1) is 0 Å². The van der Waals surface area contributed by atoms with Crippen LogP contribution < -0.4 is 4.90 Å². The summed E-state index contributed by atoms with van der Waals surface area (Å²) in [5, 5.41) is 29.9. The van der Waals surface area contributed by atoms with Crippen LogP contribution in [0.25, 0.3) is 0 Å². The third kappa shape index (κ3) is 3.79. The van der Waals surface area contributed by atoms with Crippen LogP contribution in [0.1, 0.15) is 52.7 Å². The van der Waals surface area contributed by atoms with E-state index < -0.39 is 47.2 Å². The number of imide groups is 1. The summed E-state index contributed by atoms with van der Waals surface area (Å²) in [4.78, 5) is 66.7. The number of aryl methyl sites for hydroxylation is 2. The first-order chi connectivity index (χ1) is 19.4. The molecule has 1 heterocycles. The Morgan fingerprint density at radius 1 is 0.927 bits per heavy atom. The van der Waals surface area contributed by atoms with Crippen molar-refractivity contribution in [1.29, 1.82) is 0 Å². The lowest BCUT2D eigenvalue weighted by molar-refractivity contribution is -0.123. The molecular formula is C32H27NO8. The zero-order chi connectivity index (χ0) is 29.5. The average Bonchev–Trinajstić information content (AvgIpc) is 3.18. The summed E-state index contributed by atoms with van der Waals surface area (Å²) in [7, 11) is 0. The molecule has 1 fully saturated rings. The Morgan fingerprint density at radius 3 is 2.24 bits per heavy atom. The molecule has 4 aliphatic rings. The monoisotopic (exact) mass is 553 g/mol. The fourth-order valence-corrected chi connectivity index (χ4v) is 7.01. The summed E-state index contributed by atoms with van der Waals surface area (Å²) < 4.78 is 0. The smallest absolute Gasteiger partial charge is 0.339 e. The number of Topliss-reactive ketones (excluding diaryl/α,β-unsaturated/α-hetero) is 1. The van der Waals surface area contributed by atoms with E-state index in [0.29, 0.717) is 27.8 Å². The molecule has 208 valence electrons. The van der Waals surface area contributed by atoms with Gasteiger partial charge in [0.1, 0.15) is 17.1 Å². The standard InChI is InChI=1S/C32H27NO8/c1-13-8-16(9-14(2)28(13)36)25-18-6-7-20-26(21(18)12-22-27(25)24(35)10-15(3)29(22)37)31(39)33(30(20)38)17-4-5-19(32(40)41)23(34)11-17/h4-6,8-11,20-21,25-26,34,36H,7,12H2,1-3H3,(H,40,41). The highest BCUT2D eigenvalue weighted by Crippen LogP contribution is 2.55. The number of carboxylic acid groups (broad SMARTS) is 1. The first kappa shape index (κ1) is 26.4. The van der Waals surface area contributed by atoms with E-state index in [1.54, 1.807) is 32.9 Å². The van der Waals surface area contributed by atoms with Crippen LogP contribution in [0.4, 0.5) is 5.69 Å². The zero-order valence-corrected chi connectivity index (χ0v) is 22.6. The maximum absolute atomic E-state index is 14.0. The lowest BCUT2D eigenvalue weighted by Gasteiger charge is -2.42. The molecule has 9 heteroatoms. The maximum atomic E-state index is 14.0. The van der Waals surface area contributed by atoms with Gasteiger partial charge in [-0.25, -0.2) is 9.69 Å². The molecule has 41 heavy (non-hydrogen) atoms. The highest BCUT2D eigenvalue weighted by molar-refractivity contribution is 6.25. The van der Waals surface area contributed by atoms with Gasteiger partial charge in [0.2, 0.25) is 11.8 Å². The van der Waals surface area contributed by atoms with E-state index in [4.69, 9.17) is 0 Å². The lowest BCUT2D eigenvalue weighted by atomic mass is 9.59. The molecule has 0 spiro atoms. The van der Waals surface area contributed by atoms with Crippen molar-refractivity contribution in [3.8, 4) is 11.5 Å². The van der Waals surface area contributed by atoms with Crippen molar-refractivity contribution in [3.05, 3.63) is 87.0 Å². The van der Waals surface area contributed by atoms with E-state index in [0.717, 1.165) is 28.2 Å². The van der Waals surface area contributed by atoms with Crippen LogP contribution in [0.3, 0.4) is 0 Å². The number of benzene rings is 2. The van der Waals surface area contributed by atoms with E-state index >= 15 is 0 Å². The normalized spacial score (nSPS) is 25.5. The van der Waals surface area contributed by atoms with Gasteiger partial charge in [0, 0.05) is 28.7 Å². The minimum absolute atomic E-state index is 0.0678. The molecule has 1 aliphatic heterocycles. The molecule has 1 saturated heterocycles. The van der Waals surface area contributed by atoms with E-state index in [1.807, 2.05) is 6.08 Å². The topological polar surface area (TPSA) is 149 Å². The summed E-state index contributed by atoms with van der Waals surface area (Å²) in [5.74, 6) is -5.96. The Bertz CT molecular complexity index is 1700. The Morgan fingerprint density at radius 2 is 1.61 bits per heavy atom. The van der Waals surface area contributed by atoms with Crippen molar-refractivity contribution in [3.63, 3.8) is 0 Å². The molecule has 0 aromatic heterocycles. The van der Waals surface area contributed by atoms with Gasteiger partial charge in [-0.1, -0.05) is 23.8 Å². The predicted octanol–water partition coefficient (Wildman–Crippen LogP) is 4.05. The van der Waals surface area contributed by atoms with Gasteiger partial charge < -0.3 is 15.3 Å². The van der Waals surface area contributed by atoms with E-state index in [2.05, 4.69) is 0 Å². The quantitative estimate of drug-likeness (QED) is 0.293. The highest BCUT2D eigenvalue weighted by atomic mass is 16.4. The number of allylic oxidation sites excluding steroid dienone is 6. The van der Waals surface area contributed by atoms with Crippen molar-refractivity contribution >= 4 is 35.0 Å². The van der Waals surface area contributed by atoms with Crippen LogP contribution >= 0.6 is 0 Å². The minimum atomic E-state index is -1.34. The number of nitrogens with zero attached hydrogens (tertiary/aromatic N) is 1. The number of amides is 2. The van der Waals surface area contributed by atoms with Gasteiger partial charge in [0.05, 0.1) is 17.5 Å². The van der Waals surface area contributed by atoms with Crippen molar-refractivity contribution in [1.82, 2.24) is 0 Å². The number of hydrogen-bond donors (Lipinski definition) is 3. The van der Waals surface area contributed by atoms with Gasteiger partial charge in [0.15, 0.2) is 11.6 Å². The predicted molar refractivity (Wildman–Crippen MR) is 146 cm³/mol. The summed E-state index contributed by atoms with van der Waals surface area (Å²) in [5.41, 5.74) is 3.47. The van der Waals surface area contributed by atoms with Gasteiger partial charge in [-0.2, -0.15) is 0 Å². The maximum Gasteiger partial charge on any atom is 0.339 e. The average molecular weight is 554 g/mol. The Kier molecular flexibility index (Phi) is 5.88. The van der Waals surface area contributed by atoms with Crippen LogP contribution in [0.2, 0.25) is 0 Å². The first-order valence-electron chi connectivity index (χ1n) is 13.3. The number of carbonyl (C=O) groups excluding carboxylic acids is 4. The van der Waals surface area contributed by atoms with Crippen molar-refractivity contribution < 1.29 is 39.3 Å². The SMILES string of the molecule is CC1=CC(=O)C2=C(CC3C(=CCC4C(=O)N(c5ccc(C(=O)O)c(O)c5)C(=O)C43)C2c2cc(C)c(O)c(C)c2)C1=O. The summed E-state index contributed by atoms with van der Waals surface area (Å²) >= 11 is 0. The van der Waals surface area contributed by atoms with Crippen LogP contribution in [0.5, 0.6) is 11.5 Å². The van der Waals surface area contributed by atoms with Crippen LogP contribution in [0, 0.1) is 31.6 Å². The van der Waals surface area contributed by atoms with Gasteiger partial charge in [-0.3, -0.25) is 19.2 Å². The number of carbonyl (C=O) groups is 5. The van der Waals surface area contributed by atoms with E-state index in [1.165, 1.54) is 12.1 Å². The van der Waals surface area contributed by atoms with E-state index in [9.17, 15) is 39.3 Å². The fraction of sp³-hybridized carbons (Fsp3) is 0.281. The number of fused-ring (bicyclic) bond motifs is 3. The molecule has 2 aromatic rings. The summed E-state index contributed by atoms with van der Waals surface area (Å²) in [6.07, 6.45) is 3.62. The number of carboxylic acids is 1. The molecule has 4 unspecified atom stereocenters. The third-order valence-electron chi connectivity index (χ3n) is 8.88. The number of rotatable bonds is 3. The fourth-order valence-electron chi connectivity index (χ4n) is 7.01. The number of phenols is 2. The lowest BCUT2D eigenvalue weighted by Crippen LogP contribution is -2.39. The molecule has 4 atom stereocenters. The minimum Gasteiger partial charge on any atom is -0.507 e.